The van der Waals surface area contributed by atoms with Crippen molar-refractivity contribution < 1.29 is 4.79 Å². The molecule has 1 aliphatic rings. The van der Waals surface area contributed by atoms with Gasteiger partial charge >= 0.3 is 0 Å². The van der Waals surface area contributed by atoms with E-state index in [1.807, 2.05) is 25.1 Å². The van der Waals surface area contributed by atoms with Gasteiger partial charge in [-0.25, -0.2) is 0 Å². The van der Waals surface area contributed by atoms with Crippen molar-refractivity contribution >= 4 is 17.5 Å². The zero-order valence-electron chi connectivity index (χ0n) is 8.77. The Morgan fingerprint density at radius 1 is 1.27 bits per heavy atom. The van der Waals surface area contributed by atoms with Crippen LogP contribution >= 0.6 is 11.8 Å². The molecule has 0 saturated heterocycles. The van der Waals surface area contributed by atoms with Crippen molar-refractivity contribution in [1.29, 1.82) is 0 Å². The van der Waals surface area contributed by atoms with E-state index in [0.717, 1.165) is 6.42 Å². The number of benzene rings is 1. The molecule has 0 radical (unpaired) electrons. The van der Waals surface area contributed by atoms with Crippen LogP contribution in [0.5, 0.6) is 0 Å². The fraction of sp³-hybridized carbons (Fsp3) is 0.308. The van der Waals surface area contributed by atoms with Crippen molar-refractivity contribution in [2.75, 3.05) is 0 Å². The van der Waals surface area contributed by atoms with Gasteiger partial charge in [-0.1, -0.05) is 43.0 Å². The Morgan fingerprint density at radius 3 is 2.73 bits per heavy atom. The van der Waals surface area contributed by atoms with Gasteiger partial charge in [0.2, 0.25) is 0 Å². The number of hydrogen-bond donors (Lipinski definition) is 0. The van der Waals surface area contributed by atoms with Crippen LogP contribution in [-0.2, 0) is 4.79 Å². The van der Waals surface area contributed by atoms with Gasteiger partial charge in [0.1, 0.15) is 5.78 Å². The molecule has 1 aliphatic carbocycles. The van der Waals surface area contributed by atoms with E-state index in [-0.39, 0.29) is 5.92 Å². The van der Waals surface area contributed by atoms with Gasteiger partial charge in [-0.2, -0.15) is 0 Å². The van der Waals surface area contributed by atoms with Gasteiger partial charge < -0.3 is 0 Å². The maximum absolute atomic E-state index is 11.5. The van der Waals surface area contributed by atoms with E-state index in [0.29, 0.717) is 12.2 Å². The van der Waals surface area contributed by atoms with Crippen LogP contribution in [0.1, 0.15) is 19.8 Å². The summed E-state index contributed by atoms with van der Waals surface area (Å²) in [6.07, 6.45) is 3.81. The summed E-state index contributed by atoms with van der Waals surface area (Å²) in [5, 5.41) is 0. The first-order chi connectivity index (χ1) is 7.27. The van der Waals surface area contributed by atoms with E-state index in [1.54, 1.807) is 11.8 Å². The molecule has 0 aromatic heterocycles. The van der Waals surface area contributed by atoms with Crippen LogP contribution in [0.25, 0.3) is 0 Å². The number of hydrogen-bond acceptors (Lipinski definition) is 2. The maximum Gasteiger partial charge on any atom is 0.140 e. The maximum atomic E-state index is 11.5. The molecule has 0 saturated carbocycles. The third-order valence-corrected chi connectivity index (χ3v) is 3.89. The van der Waals surface area contributed by atoms with Gasteiger partial charge in [-0.3, -0.25) is 4.79 Å². The van der Waals surface area contributed by atoms with Gasteiger partial charge in [0.05, 0.1) is 0 Å². The summed E-state index contributed by atoms with van der Waals surface area (Å²) in [6, 6.07) is 10.2. The lowest BCUT2D eigenvalue weighted by molar-refractivity contribution is -0.121. The third kappa shape index (κ3) is 2.51. The first-order valence-corrected chi connectivity index (χ1v) is 6.04. The summed E-state index contributed by atoms with van der Waals surface area (Å²) in [7, 11) is 0. The molecule has 1 aromatic rings. The van der Waals surface area contributed by atoms with Crippen LogP contribution < -0.4 is 0 Å². The van der Waals surface area contributed by atoms with Crippen molar-refractivity contribution in [3.8, 4) is 0 Å². The summed E-state index contributed by atoms with van der Waals surface area (Å²) in [5.41, 5.74) is 0. The first kappa shape index (κ1) is 10.5. The topological polar surface area (TPSA) is 17.1 Å². The molecule has 2 rings (SSSR count). The molecule has 1 aromatic carbocycles. The van der Waals surface area contributed by atoms with Crippen molar-refractivity contribution in [3.63, 3.8) is 0 Å². The zero-order chi connectivity index (χ0) is 10.7. The summed E-state index contributed by atoms with van der Waals surface area (Å²) < 4.78 is 0. The number of carbonyl (C=O) groups excluding carboxylic acids is 1. The average Bonchev–Trinajstić information content (AvgIpc) is 2.26. The highest BCUT2D eigenvalue weighted by Gasteiger charge is 2.21. The highest BCUT2D eigenvalue weighted by atomic mass is 32.2. The van der Waals surface area contributed by atoms with Crippen LogP contribution in [-0.4, -0.2) is 5.78 Å². The SMILES string of the molecule is CC1C(=O)CCC=C1Sc1ccccc1. The Kier molecular flexibility index (Phi) is 3.27. The number of rotatable bonds is 2. The second-order valence-corrected chi connectivity index (χ2v) is 4.90. The summed E-state index contributed by atoms with van der Waals surface area (Å²) in [6.45, 7) is 2.00. The number of allylic oxidation sites excluding steroid dienone is 2. The quantitative estimate of drug-likeness (QED) is 0.753. The molecule has 0 bridgehead atoms. The van der Waals surface area contributed by atoms with Gasteiger partial charge in [-0.05, 0) is 23.5 Å². The average molecular weight is 218 g/mol. The van der Waals surface area contributed by atoms with Crippen LogP contribution in [0.2, 0.25) is 0 Å². The van der Waals surface area contributed by atoms with Gasteiger partial charge in [0.15, 0.2) is 0 Å². The van der Waals surface area contributed by atoms with Gasteiger partial charge in [0, 0.05) is 17.2 Å². The minimum Gasteiger partial charge on any atom is -0.299 e. The van der Waals surface area contributed by atoms with Crippen molar-refractivity contribution in [2.45, 2.75) is 24.7 Å². The summed E-state index contributed by atoms with van der Waals surface area (Å²) in [5.74, 6) is 0.458. The van der Waals surface area contributed by atoms with Crippen LogP contribution in [0, 0.1) is 5.92 Å². The van der Waals surface area contributed by atoms with E-state index in [4.69, 9.17) is 0 Å². The molecule has 1 unspecified atom stereocenters. The van der Waals surface area contributed by atoms with Crippen LogP contribution in [0.15, 0.2) is 46.2 Å². The Bertz CT molecular complexity index is 381. The number of thioether (sulfide) groups is 1. The lowest BCUT2D eigenvalue weighted by Gasteiger charge is -2.18. The minimum absolute atomic E-state index is 0.0870. The molecule has 0 aliphatic heterocycles. The predicted molar refractivity (Wildman–Crippen MR) is 63.8 cm³/mol. The van der Waals surface area contributed by atoms with Crippen molar-refractivity contribution in [2.24, 2.45) is 5.92 Å². The number of carbonyl (C=O) groups is 1. The molecule has 78 valence electrons. The molecule has 0 amide bonds. The van der Waals surface area contributed by atoms with E-state index in [1.165, 1.54) is 9.80 Å². The Hall–Kier alpha value is -1.02. The fourth-order valence-corrected chi connectivity index (χ4v) is 2.74. The number of Topliss-reactive ketones (excluding diaryl/α,β-unsaturated/α-hetero) is 1. The fourth-order valence-electron chi connectivity index (χ4n) is 1.66. The minimum atomic E-state index is 0.0870. The second-order valence-electron chi connectivity index (χ2n) is 3.75. The highest BCUT2D eigenvalue weighted by Crippen LogP contribution is 2.35. The monoisotopic (exact) mass is 218 g/mol. The second kappa shape index (κ2) is 4.67. The van der Waals surface area contributed by atoms with E-state index < -0.39 is 0 Å². The van der Waals surface area contributed by atoms with Gasteiger partial charge in [0.25, 0.3) is 0 Å². The summed E-state index contributed by atoms with van der Waals surface area (Å²) in [4.78, 5) is 14.0. The predicted octanol–water partition coefficient (Wildman–Crippen LogP) is 3.66. The molecule has 2 heteroatoms. The van der Waals surface area contributed by atoms with Crippen molar-refractivity contribution in [3.05, 3.63) is 41.3 Å². The largest absolute Gasteiger partial charge is 0.299 e. The van der Waals surface area contributed by atoms with Crippen molar-refractivity contribution in [1.82, 2.24) is 0 Å². The molecule has 0 spiro atoms. The van der Waals surface area contributed by atoms with Crippen LogP contribution in [0.4, 0.5) is 0 Å². The lowest BCUT2D eigenvalue weighted by Crippen LogP contribution is -2.15. The lowest BCUT2D eigenvalue weighted by atomic mass is 9.96. The van der Waals surface area contributed by atoms with E-state index in [2.05, 4.69) is 18.2 Å². The molecule has 0 fully saturated rings. The summed E-state index contributed by atoms with van der Waals surface area (Å²) >= 11 is 1.72. The smallest absolute Gasteiger partial charge is 0.140 e. The molecular weight excluding hydrogens is 204 g/mol. The Labute approximate surface area is 94.6 Å². The molecule has 0 heterocycles. The van der Waals surface area contributed by atoms with E-state index >= 15 is 0 Å². The third-order valence-electron chi connectivity index (χ3n) is 2.62. The Morgan fingerprint density at radius 2 is 2.00 bits per heavy atom. The van der Waals surface area contributed by atoms with Crippen LogP contribution in [0.3, 0.4) is 0 Å². The standard InChI is InChI=1S/C13H14OS/c1-10-12(14)8-5-9-13(10)15-11-6-3-2-4-7-11/h2-4,6-7,9-10H,5,8H2,1H3. The molecular formula is C13H14OS. The highest BCUT2D eigenvalue weighted by molar-refractivity contribution is 8.03. The Balaban J connectivity index is 2.12. The first-order valence-electron chi connectivity index (χ1n) is 5.23. The zero-order valence-corrected chi connectivity index (χ0v) is 9.59. The molecule has 0 N–H and O–H groups in total. The molecule has 1 nitrogen and oxygen atoms in total. The molecule has 15 heavy (non-hydrogen) atoms. The van der Waals surface area contributed by atoms with Gasteiger partial charge in [-0.15, -0.1) is 0 Å². The molecule has 1 atom stereocenters. The normalized spacial score (nSPS) is 21.3. The number of ketones is 1. The van der Waals surface area contributed by atoms with E-state index in [9.17, 15) is 4.79 Å².